The van der Waals surface area contributed by atoms with E-state index in [0.717, 1.165) is 6.42 Å². The maximum atomic E-state index is 11.9. The fourth-order valence-electron chi connectivity index (χ4n) is 1.62. The number of rotatable bonds is 5. The summed E-state index contributed by atoms with van der Waals surface area (Å²) < 4.78 is 10.0. The van der Waals surface area contributed by atoms with Crippen molar-refractivity contribution in [3.05, 3.63) is 0 Å². The molecule has 0 aromatic carbocycles. The number of nitrogens with zero attached hydrogens (tertiary/aromatic N) is 1. The fourth-order valence-corrected chi connectivity index (χ4v) is 1.62. The standard InChI is InChI=1S/C11H20N2O5/c1-2-3-12-10(15)9-8-17-6-4-13(9)11(16)18-7-5-14/h9,14H,2-8H2,1H3,(H,12,15). The average Bonchev–Trinajstić information content (AvgIpc) is 2.42. The summed E-state index contributed by atoms with van der Waals surface area (Å²) >= 11 is 0. The van der Waals surface area contributed by atoms with Gasteiger partial charge in [0.15, 0.2) is 0 Å². The third-order valence-corrected chi connectivity index (χ3v) is 2.53. The SMILES string of the molecule is CCCNC(=O)C1COCCN1C(=O)OCCO. The second kappa shape index (κ2) is 7.88. The molecule has 0 saturated carbocycles. The van der Waals surface area contributed by atoms with E-state index in [1.807, 2.05) is 6.92 Å². The zero-order chi connectivity index (χ0) is 13.4. The Morgan fingerprint density at radius 1 is 1.56 bits per heavy atom. The van der Waals surface area contributed by atoms with Crippen molar-refractivity contribution in [2.75, 3.05) is 39.5 Å². The average molecular weight is 260 g/mol. The lowest BCUT2D eigenvalue weighted by Crippen LogP contribution is -2.56. The predicted molar refractivity (Wildman–Crippen MR) is 63.0 cm³/mol. The van der Waals surface area contributed by atoms with Crippen LogP contribution in [-0.4, -0.2) is 67.6 Å². The summed E-state index contributed by atoms with van der Waals surface area (Å²) in [5.41, 5.74) is 0. The van der Waals surface area contributed by atoms with Gasteiger partial charge in [0.25, 0.3) is 0 Å². The van der Waals surface area contributed by atoms with Crippen LogP contribution in [0.5, 0.6) is 0 Å². The van der Waals surface area contributed by atoms with Crippen LogP contribution in [-0.2, 0) is 14.3 Å². The lowest BCUT2D eigenvalue weighted by Gasteiger charge is -2.33. The number of ether oxygens (including phenoxy) is 2. The quantitative estimate of drug-likeness (QED) is 0.685. The Kier molecular flexibility index (Phi) is 6.45. The van der Waals surface area contributed by atoms with Gasteiger partial charge in [0, 0.05) is 13.1 Å². The molecule has 1 saturated heterocycles. The highest BCUT2D eigenvalue weighted by molar-refractivity contribution is 5.86. The Balaban J connectivity index is 2.55. The first-order chi connectivity index (χ1) is 8.70. The van der Waals surface area contributed by atoms with Crippen LogP contribution in [0.4, 0.5) is 4.79 Å². The maximum absolute atomic E-state index is 11.9. The van der Waals surface area contributed by atoms with Gasteiger partial charge < -0.3 is 19.9 Å². The number of aliphatic hydroxyl groups excluding tert-OH is 1. The number of carbonyl (C=O) groups excluding carboxylic acids is 2. The Labute approximate surface area is 106 Å². The Morgan fingerprint density at radius 2 is 2.33 bits per heavy atom. The molecule has 0 bridgehead atoms. The molecule has 0 radical (unpaired) electrons. The summed E-state index contributed by atoms with van der Waals surface area (Å²) in [5, 5.41) is 11.3. The van der Waals surface area contributed by atoms with Gasteiger partial charge >= 0.3 is 6.09 Å². The van der Waals surface area contributed by atoms with Crippen LogP contribution in [0.25, 0.3) is 0 Å². The number of amides is 2. The molecule has 1 aliphatic heterocycles. The molecule has 18 heavy (non-hydrogen) atoms. The number of nitrogens with one attached hydrogen (secondary N) is 1. The van der Waals surface area contributed by atoms with Crippen molar-refractivity contribution in [2.45, 2.75) is 19.4 Å². The van der Waals surface area contributed by atoms with E-state index in [-0.39, 0.29) is 25.7 Å². The molecule has 0 aliphatic carbocycles. The molecular formula is C11H20N2O5. The molecule has 1 rings (SSSR count). The third kappa shape index (κ3) is 4.15. The Morgan fingerprint density at radius 3 is 3.00 bits per heavy atom. The van der Waals surface area contributed by atoms with E-state index in [1.165, 1.54) is 4.90 Å². The second-order valence-electron chi connectivity index (χ2n) is 3.91. The lowest BCUT2D eigenvalue weighted by atomic mass is 10.2. The topological polar surface area (TPSA) is 88.1 Å². The number of hydrogen-bond acceptors (Lipinski definition) is 5. The highest BCUT2D eigenvalue weighted by atomic mass is 16.6. The fraction of sp³-hybridized carbons (Fsp3) is 0.818. The van der Waals surface area contributed by atoms with Gasteiger partial charge in [-0.15, -0.1) is 0 Å². The monoisotopic (exact) mass is 260 g/mol. The number of aliphatic hydroxyl groups is 1. The van der Waals surface area contributed by atoms with E-state index < -0.39 is 12.1 Å². The molecule has 0 aromatic heterocycles. The van der Waals surface area contributed by atoms with Crippen molar-refractivity contribution in [1.29, 1.82) is 0 Å². The van der Waals surface area contributed by atoms with Crippen molar-refractivity contribution in [3.8, 4) is 0 Å². The summed E-state index contributed by atoms with van der Waals surface area (Å²) in [4.78, 5) is 24.9. The van der Waals surface area contributed by atoms with Gasteiger partial charge in [0.05, 0.1) is 19.8 Å². The molecule has 2 N–H and O–H groups in total. The largest absolute Gasteiger partial charge is 0.447 e. The first-order valence-electron chi connectivity index (χ1n) is 6.10. The normalized spacial score (nSPS) is 19.4. The first-order valence-corrected chi connectivity index (χ1v) is 6.10. The van der Waals surface area contributed by atoms with Gasteiger partial charge in [-0.1, -0.05) is 6.92 Å². The second-order valence-corrected chi connectivity index (χ2v) is 3.91. The molecule has 0 spiro atoms. The highest BCUT2D eigenvalue weighted by Crippen LogP contribution is 2.09. The summed E-state index contributed by atoms with van der Waals surface area (Å²) in [7, 11) is 0. The first kappa shape index (κ1) is 14.7. The highest BCUT2D eigenvalue weighted by Gasteiger charge is 2.33. The van der Waals surface area contributed by atoms with E-state index in [4.69, 9.17) is 14.6 Å². The molecule has 1 atom stereocenters. The maximum Gasteiger partial charge on any atom is 0.410 e. The van der Waals surface area contributed by atoms with Crippen LogP contribution in [0.1, 0.15) is 13.3 Å². The van der Waals surface area contributed by atoms with Gasteiger partial charge in [0.1, 0.15) is 12.6 Å². The van der Waals surface area contributed by atoms with E-state index in [1.54, 1.807) is 0 Å². The summed E-state index contributed by atoms with van der Waals surface area (Å²) in [6.07, 6.45) is 0.234. The van der Waals surface area contributed by atoms with Crippen molar-refractivity contribution in [3.63, 3.8) is 0 Å². The Hall–Kier alpha value is -1.34. The minimum atomic E-state index is -0.656. The molecule has 0 aromatic rings. The Bertz CT molecular complexity index is 257. The molecule has 1 aliphatic rings. The van der Waals surface area contributed by atoms with E-state index in [2.05, 4.69) is 5.32 Å². The van der Waals surface area contributed by atoms with E-state index >= 15 is 0 Å². The number of hydrogen-bond donors (Lipinski definition) is 2. The molecule has 104 valence electrons. The zero-order valence-electron chi connectivity index (χ0n) is 10.6. The van der Waals surface area contributed by atoms with Gasteiger partial charge in [-0.3, -0.25) is 9.69 Å². The number of carbonyl (C=O) groups is 2. The summed E-state index contributed by atoms with van der Waals surface area (Å²) in [5.74, 6) is -0.238. The van der Waals surface area contributed by atoms with Gasteiger partial charge in [0.2, 0.25) is 5.91 Å². The van der Waals surface area contributed by atoms with Crippen LogP contribution >= 0.6 is 0 Å². The van der Waals surface area contributed by atoms with Crippen LogP contribution in [0.15, 0.2) is 0 Å². The van der Waals surface area contributed by atoms with Crippen LogP contribution < -0.4 is 5.32 Å². The smallest absolute Gasteiger partial charge is 0.410 e. The van der Waals surface area contributed by atoms with Gasteiger partial charge in [-0.2, -0.15) is 0 Å². The minimum Gasteiger partial charge on any atom is -0.447 e. The third-order valence-electron chi connectivity index (χ3n) is 2.53. The van der Waals surface area contributed by atoms with Gasteiger partial charge in [-0.25, -0.2) is 4.79 Å². The van der Waals surface area contributed by atoms with Crippen molar-refractivity contribution >= 4 is 12.0 Å². The summed E-state index contributed by atoms with van der Waals surface area (Å²) in [6.45, 7) is 3.08. The lowest BCUT2D eigenvalue weighted by molar-refractivity contribution is -0.131. The molecule has 1 heterocycles. The zero-order valence-corrected chi connectivity index (χ0v) is 10.6. The summed E-state index contributed by atoms with van der Waals surface area (Å²) in [6, 6.07) is -0.656. The van der Waals surface area contributed by atoms with Crippen molar-refractivity contribution < 1.29 is 24.2 Å². The minimum absolute atomic E-state index is 0.0700. The van der Waals surface area contributed by atoms with E-state index in [9.17, 15) is 9.59 Å². The van der Waals surface area contributed by atoms with Crippen LogP contribution in [0.2, 0.25) is 0 Å². The molecule has 1 unspecified atom stereocenters. The molecule has 7 heteroatoms. The van der Waals surface area contributed by atoms with Crippen LogP contribution in [0, 0.1) is 0 Å². The van der Waals surface area contributed by atoms with E-state index in [0.29, 0.717) is 19.7 Å². The molecular weight excluding hydrogens is 240 g/mol. The predicted octanol–water partition coefficient (Wildman–Crippen LogP) is -0.658. The van der Waals surface area contributed by atoms with Crippen molar-refractivity contribution in [2.24, 2.45) is 0 Å². The van der Waals surface area contributed by atoms with Gasteiger partial charge in [-0.05, 0) is 6.42 Å². The molecule has 1 fully saturated rings. The van der Waals surface area contributed by atoms with Crippen molar-refractivity contribution in [1.82, 2.24) is 10.2 Å². The van der Waals surface area contributed by atoms with Crippen LogP contribution in [0.3, 0.4) is 0 Å². The molecule has 7 nitrogen and oxygen atoms in total. The molecule has 2 amide bonds. The number of morpholine rings is 1.